The van der Waals surface area contributed by atoms with Crippen LogP contribution in [-0.2, 0) is 29.1 Å². The minimum absolute atomic E-state index is 0.280. The van der Waals surface area contributed by atoms with Gasteiger partial charge in [0.15, 0.2) is 16.9 Å². The van der Waals surface area contributed by atoms with Gasteiger partial charge in [0.1, 0.15) is 0 Å². The molecule has 0 aliphatic rings. The SMILES string of the molecule is C=C(COCCC(F)(F)C(F)(F)S(=O)(=O)[O-])C(=O)OCOCC. The molecule has 0 amide bonds. The molecule has 0 aromatic carbocycles. The van der Waals surface area contributed by atoms with Crippen molar-refractivity contribution in [3.63, 3.8) is 0 Å². The molecule has 0 radical (unpaired) electrons. The second-order valence-electron chi connectivity index (χ2n) is 4.12. The maximum atomic E-state index is 13.0. The van der Waals surface area contributed by atoms with E-state index in [-0.39, 0.29) is 19.0 Å². The van der Waals surface area contributed by atoms with E-state index in [1.54, 1.807) is 6.92 Å². The highest BCUT2D eigenvalue weighted by atomic mass is 32.2. The van der Waals surface area contributed by atoms with E-state index >= 15 is 0 Å². The van der Waals surface area contributed by atoms with Crippen LogP contribution in [0.2, 0.25) is 0 Å². The average Bonchev–Trinajstić information content (AvgIpc) is 2.42. The van der Waals surface area contributed by atoms with E-state index in [0.717, 1.165) is 0 Å². The van der Waals surface area contributed by atoms with Gasteiger partial charge in [0.05, 0.1) is 18.8 Å². The molecular formula is C11H15F4O7S-. The molecule has 0 fully saturated rings. The zero-order valence-electron chi connectivity index (χ0n) is 12.0. The third-order valence-corrected chi connectivity index (χ3v) is 3.27. The van der Waals surface area contributed by atoms with Crippen LogP contribution in [0.5, 0.6) is 0 Å². The summed E-state index contributed by atoms with van der Waals surface area (Å²) < 4.78 is 95.8. The highest BCUT2D eigenvalue weighted by Gasteiger charge is 2.61. The van der Waals surface area contributed by atoms with Crippen molar-refractivity contribution < 1.29 is 49.5 Å². The summed E-state index contributed by atoms with van der Waals surface area (Å²) in [6.45, 7) is 3.12. The Kier molecular flexibility index (Phi) is 8.11. The van der Waals surface area contributed by atoms with Crippen molar-refractivity contribution in [2.75, 3.05) is 26.6 Å². The third kappa shape index (κ3) is 6.41. The van der Waals surface area contributed by atoms with Crippen LogP contribution < -0.4 is 0 Å². The zero-order chi connectivity index (χ0) is 18.3. The molecule has 0 atom stereocenters. The van der Waals surface area contributed by atoms with E-state index in [4.69, 9.17) is 4.74 Å². The number of rotatable bonds is 11. The first kappa shape index (κ1) is 21.8. The van der Waals surface area contributed by atoms with Crippen molar-refractivity contribution in [3.8, 4) is 0 Å². The molecule has 0 spiro atoms. The summed E-state index contributed by atoms with van der Waals surface area (Å²) in [4.78, 5) is 11.2. The van der Waals surface area contributed by atoms with Crippen LogP contribution in [0.3, 0.4) is 0 Å². The highest BCUT2D eigenvalue weighted by Crippen LogP contribution is 2.40. The van der Waals surface area contributed by atoms with Crippen molar-refractivity contribution >= 4 is 16.1 Å². The van der Waals surface area contributed by atoms with Crippen molar-refractivity contribution in [3.05, 3.63) is 12.2 Å². The molecule has 0 unspecified atom stereocenters. The Morgan fingerprint density at radius 1 is 1.22 bits per heavy atom. The van der Waals surface area contributed by atoms with E-state index in [2.05, 4.69) is 16.1 Å². The van der Waals surface area contributed by atoms with E-state index in [1.165, 1.54) is 0 Å². The lowest BCUT2D eigenvalue weighted by Crippen LogP contribution is -2.47. The van der Waals surface area contributed by atoms with Gasteiger partial charge in [-0.15, -0.1) is 0 Å². The number of hydrogen-bond acceptors (Lipinski definition) is 7. The molecule has 0 heterocycles. The lowest BCUT2D eigenvalue weighted by atomic mass is 10.2. The topological polar surface area (TPSA) is 102 Å². The van der Waals surface area contributed by atoms with E-state index in [0.29, 0.717) is 0 Å². The summed E-state index contributed by atoms with van der Waals surface area (Å²) in [5, 5.41) is -5.77. The number of halogens is 4. The molecule has 0 saturated carbocycles. The first-order chi connectivity index (χ1) is 10.4. The van der Waals surface area contributed by atoms with Crippen LogP contribution in [0.25, 0.3) is 0 Å². The average molecular weight is 367 g/mol. The Hall–Kier alpha value is -1.24. The van der Waals surface area contributed by atoms with Crippen LogP contribution in [-0.4, -0.2) is 56.7 Å². The van der Waals surface area contributed by atoms with Crippen LogP contribution in [0.1, 0.15) is 13.3 Å². The van der Waals surface area contributed by atoms with Crippen molar-refractivity contribution in [1.29, 1.82) is 0 Å². The predicted molar refractivity (Wildman–Crippen MR) is 66.8 cm³/mol. The number of carbonyl (C=O) groups is 1. The number of ether oxygens (including phenoxy) is 3. The fourth-order valence-corrected chi connectivity index (χ4v) is 1.53. The number of hydrogen-bond donors (Lipinski definition) is 0. The molecule has 0 aromatic heterocycles. The number of carbonyl (C=O) groups excluding carboxylic acids is 1. The maximum absolute atomic E-state index is 13.0. The van der Waals surface area contributed by atoms with E-state index in [1.807, 2.05) is 0 Å². The van der Waals surface area contributed by atoms with E-state index < -0.39 is 46.9 Å². The monoisotopic (exact) mass is 367 g/mol. The molecule has 12 heteroatoms. The first-order valence-electron chi connectivity index (χ1n) is 6.08. The van der Waals surface area contributed by atoms with Gasteiger partial charge >= 0.3 is 17.1 Å². The van der Waals surface area contributed by atoms with Gasteiger partial charge in [0.2, 0.25) is 0 Å². The molecule has 0 saturated heterocycles. The number of esters is 1. The molecule has 23 heavy (non-hydrogen) atoms. The molecule has 0 rings (SSSR count). The maximum Gasteiger partial charge on any atom is 0.396 e. The molecule has 136 valence electrons. The second kappa shape index (κ2) is 8.57. The van der Waals surface area contributed by atoms with Crippen molar-refractivity contribution in [2.24, 2.45) is 0 Å². The third-order valence-electron chi connectivity index (χ3n) is 2.34. The predicted octanol–water partition coefficient (Wildman–Crippen LogP) is 1.26. The van der Waals surface area contributed by atoms with E-state index in [9.17, 15) is 35.3 Å². The Bertz CT molecular complexity index is 518. The molecule has 0 bridgehead atoms. The van der Waals surface area contributed by atoms with Gasteiger partial charge in [0.25, 0.3) is 0 Å². The van der Waals surface area contributed by atoms with Gasteiger partial charge < -0.3 is 18.8 Å². The van der Waals surface area contributed by atoms with Crippen LogP contribution in [0.15, 0.2) is 12.2 Å². The highest BCUT2D eigenvalue weighted by molar-refractivity contribution is 7.86. The van der Waals surface area contributed by atoms with Crippen LogP contribution in [0.4, 0.5) is 17.6 Å². The molecule has 0 aromatic rings. The van der Waals surface area contributed by atoms with Crippen LogP contribution >= 0.6 is 0 Å². The zero-order valence-corrected chi connectivity index (χ0v) is 12.8. The second-order valence-corrected chi connectivity index (χ2v) is 5.54. The summed E-state index contributed by atoms with van der Waals surface area (Å²) >= 11 is 0. The molecule has 0 aliphatic heterocycles. The van der Waals surface area contributed by atoms with Crippen molar-refractivity contribution in [1.82, 2.24) is 0 Å². The lowest BCUT2D eigenvalue weighted by Gasteiger charge is -2.28. The van der Waals surface area contributed by atoms with Gasteiger partial charge in [-0.1, -0.05) is 6.58 Å². The quantitative estimate of drug-likeness (QED) is 0.135. The molecule has 0 aliphatic carbocycles. The normalized spacial score (nSPS) is 13.0. The van der Waals surface area contributed by atoms with Gasteiger partial charge in [0, 0.05) is 13.0 Å². The fourth-order valence-electron chi connectivity index (χ4n) is 1.06. The lowest BCUT2D eigenvalue weighted by molar-refractivity contribution is -0.171. The summed E-state index contributed by atoms with van der Waals surface area (Å²) in [7, 11) is -6.53. The van der Waals surface area contributed by atoms with Gasteiger partial charge in [-0.25, -0.2) is 13.2 Å². The minimum Gasteiger partial charge on any atom is -0.743 e. The standard InChI is InChI=1S/C11H16F4O7S/c1-3-20-7-22-9(16)8(2)6-21-5-4-10(12,13)11(14,15)23(17,18)19/h2-7H2,1H3,(H,17,18,19)/p-1. The molecule has 7 nitrogen and oxygen atoms in total. The first-order valence-corrected chi connectivity index (χ1v) is 7.49. The molecular weight excluding hydrogens is 352 g/mol. The van der Waals surface area contributed by atoms with Crippen molar-refractivity contribution in [2.45, 2.75) is 24.5 Å². The summed E-state index contributed by atoms with van der Waals surface area (Å²) in [5.74, 6) is -6.07. The summed E-state index contributed by atoms with van der Waals surface area (Å²) in [6.07, 6.45) is -1.75. The Morgan fingerprint density at radius 2 is 1.78 bits per heavy atom. The fraction of sp³-hybridized carbons (Fsp3) is 0.727. The largest absolute Gasteiger partial charge is 0.743 e. The minimum atomic E-state index is -6.53. The Balaban J connectivity index is 4.31. The smallest absolute Gasteiger partial charge is 0.396 e. The number of alkyl halides is 4. The summed E-state index contributed by atoms with van der Waals surface area (Å²) in [6, 6.07) is 0. The Morgan fingerprint density at radius 3 is 2.26 bits per heavy atom. The van der Waals surface area contributed by atoms with Gasteiger partial charge in [-0.05, 0) is 6.92 Å². The van der Waals surface area contributed by atoms with Gasteiger partial charge in [-0.3, -0.25) is 0 Å². The summed E-state index contributed by atoms with van der Waals surface area (Å²) in [5.41, 5.74) is -0.295. The molecule has 0 N–H and O–H groups in total. The van der Waals surface area contributed by atoms with Crippen LogP contribution in [0, 0.1) is 0 Å². The van der Waals surface area contributed by atoms with Gasteiger partial charge in [-0.2, -0.15) is 17.6 Å². The Labute approximate surface area is 129 Å².